The first-order valence-corrected chi connectivity index (χ1v) is 7.44. The molecule has 0 aromatic heterocycles. The van der Waals surface area contributed by atoms with Crippen LogP contribution in [0.15, 0.2) is 18.2 Å². The third-order valence-electron chi connectivity index (χ3n) is 3.13. The Morgan fingerprint density at radius 3 is 2.75 bits per heavy atom. The van der Waals surface area contributed by atoms with Crippen molar-refractivity contribution in [2.45, 2.75) is 32.6 Å². The first-order chi connectivity index (χ1) is 9.52. The molecule has 0 aliphatic rings. The molecule has 0 fully saturated rings. The normalized spacial score (nSPS) is 10.8. The van der Waals surface area contributed by atoms with Crippen molar-refractivity contribution in [3.05, 3.63) is 23.2 Å². The Hall–Kier alpha value is -1.26. The Morgan fingerprint density at radius 2 is 2.10 bits per heavy atom. The maximum Gasteiger partial charge on any atom is 0.225 e. The van der Waals surface area contributed by atoms with Crippen LogP contribution in [-0.2, 0) is 4.79 Å². The molecule has 1 aromatic rings. The molecule has 0 aliphatic carbocycles. The van der Waals surface area contributed by atoms with Gasteiger partial charge in [-0.3, -0.25) is 4.79 Å². The van der Waals surface area contributed by atoms with Crippen LogP contribution in [0.4, 0.5) is 11.4 Å². The van der Waals surface area contributed by atoms with Crippen molar-refractivity contribution in [1.29, 1.82) is 0 Å². The maximum atomic E-state index is 11.9. The summed E-state index contributed by atoms with van der Waals surface area (Å²) in [5.74, 6) is -0.0287. The summed E-state index contributed by atoms with van der Waals surface area (Å²) in [7, 11) is 2.04. The maximum absolute atomic E-state index is 11.9. The molecule has 0 saturated heterocycles. The van der Waals surface area contributed by atoms with Crippen LogP contribution < -0.4 is 11.1 Å². The van der Waals surface area contributed by atoms with E-state index >= 15 is 0 Å². The topological polar surface area (TPSA) is 58.4 Å². The average molecular weight is 298 g/mol. The summed E-state index contributed by atoms with van der Waals surface area (Å²) in [5, 5.41) is 3.27. The van der Waals surface area contributed by atoms with Gasteiger partial charge in [-0.15, -0.1) is 0 Å². The summed E-state index contributed by atoms with van der Waals surface area (Å²) < 4.78 is 0. The quantitative estimate of drug-likeness (QED) is 0.571. The lowest BCUT2D eigenvalue weighted by Gasteiger charge is -2.16. The Labute approximate surface area is 126 Å². The molecule has 4 nitrogen and oxygen atoms in total. The monoisotopic (exact) mass is 297 g/mol. The Balaban J connectivity index is 2.33. The number of nitrogens with one attached hydrogen (secondary N) is 1. The third-order valence-corrected chi connectivity index (χ3v) is 3.44. The molecule has 0 radical (unpaired) electrons. The number of carbonyl (C=O) groups excluding carboxylic acids is 1. The minimum absolute atomic E-state index is 0.0287. The van der Waals surface area contributed by atoms with Crippen molar-refractivity contribution in [3.8, 4) is 0 Å². The van der Waals surface area contributed by atoms with Crippen molar-refractivity contribution in [3.63, 3.8) is 0 Å². The van der Waals surface area contributed by atoms with Crippen LogP contribution in [0.3, 0.4) is 0 Å². The fourth-order valence-electron chi connectivity index (χ4n) is 1.88. The molecular formula is C15H24ClN3O. The van der Waals surface area contributed by atoms with E-state index in [-0.39, 0.29) is 5.91 Å². The summed E-state index contributed by atoms with van der Waals surface area (Å²) in [6, 6.07) is 5.08. The molecule has 20 heavy (non-hydrogen) atoms. The highest BCUT2D eigenvalue weighted by atomic mass is 35.5. The highest BCUT2D eigenvalue weighted by Gasteiger charge is 2.07. The summed E-state index contributed by atoms with van der Waals surface area (Å²) in [5.41, 5.74) is 6.81. The van der Waals surface area contributed by atoms with Crippen LogP contribution in [0.1, 0.15) is 32.6 Å². The van der Waals surface area contributed by atoms with Gasteiger partial charge in [0.05, 0.1) is 10.7 Å². The number of nitrogens with zero attached hydrogens (tertiary/aromatic N) is 1. The SMILES string of the molecule is CCCCCN(C)CCC(=O)Nc1ccc(N)cc1Cl. The van der Waals surface area contributed by atoms with E-state index in [1.807, 2.05) is 7.05 Å². The van der Waals surface area contributed by atoms with Gasteiger partial charge < -0.3 is 16.0 Å². The Bertz CT molecular complexity index is 437. The number of benzene rings is 1. The zero-order valence-corrected chi connectivity index (χ0v) is 13.0. The zero-order chi connectivity index (χ0) is 15.0. The third kappa shape index (κ3) is 6.26. The molecule has 0 heterocycles. The number of carbonyl (C=O) groups is 1. The molecule has 0 saturated carbocycles. The smallest absolute Gasteiger partial charge is 0.225 e. The number of nitrogens with two attached hydrogens (primary N) is 1. The lowest BCUT2D eigenvalue weighted by atomic mass is 10.2. The van der Waals surface area contributed by atoms with Crippen LogP contribution in [0.25, 0.3) is 0 Å². The number of anilines is 2. The standard InChI is InChI=1S/C15H24ClN3O/c1-3-4-5-9-19(2)10-8-15(20)18-14-7-6-12(17)11-13(14)16/h6-7,11H,3-5,8-10,17H2,1-2H3,(H,18,20). The van der Waals surface area contributed by atoms with Crippen molar-refractivity contribution in [1.82, 2.24) is 4.90 Å². The summed E-state index contributed by atoms with van der Waals surface area (Å²) in [4.78, 5) is 14.0. The van der Waals surface area contributed by atoms with Crippen molar-refractivity contribution in [2.75, 3.05) is 31.2 Å². The molecule has 0 spiro atoms. The van der Waals surface area contributed by atoms with Gasteiger partial charge in [-0.1, -0.05) is 31.4 Å². The van der Waals surface area contributed by atoms with Crippen molar-refractivity contribution in [2.24, 2.45) is 0 Å². The second kappa shape index (κ2) is 8.82. The van der Waals surface area contributed by atoms with Gasteiger partial charge in [-0.2, -0.15) is 0 Å². The molecule has 0 atom stereocenters. The minimum Gasteiger partial charge on any atom is -0.399 e. The lowest BCUT2D eigenvalue weighted by Crippen LogP contribution is -2.25. The summed E-state index contributed by atoms with van der Waals surface area (Å²) >= 11 is 6.02. The molecule has 0 bridgehead atoms. The van der Waals surface area contributed by atoms with E-state index < -0.39 is 0 Å². The lowest BCUT2D eigenvalue weighted by molar-refractivity contribution is -0.116. The molecular weight excluding hydrogens is 274 g/mol. The first kappa shape index (κ1) is 16.8. The number of hydrogen-bond donors (Lipinski definition) is 2. The molecule has 0 unspecified atom stereocenters. The van der Waals surface area contributed by atoms with Gasteiger partial charge in [0.1, 0.15) is 0 Å². The highest BCUT2D eigenvalue weighted by molar-refractivity contribution is 6.34. The van der Waals surface area contributed by atoms with Gasteiger partial charge in [0.2, 0.25) is 5.91 Å². The largest absolute Gasteiger partial charge is 0.399 e. The minimum atomic E-state index is -0.0287. The van der Waals surface area contributed by atoms with Gasteiger partial charge in [-0.05, 0) is 38.2 Å². The van der Waals surface area contributed by atoms with E-state index in [2.05, 4.69) is 17.1 Å². The highest BCUT2D eigenvalue weighted by Crippen LogP contribution is 2.24. The van der Waals surface area contributed by atoms with E-state index in [4.69, 9.17) is 17.3 Å². The van der Waals surface area contributed by atoms with E-state index in [0.717, 1.165) is 13.1 Å². The molecule has 1 amide bonds. The van der Waals surface area contributed by atoms with Gasteiger partial charge in [0.15, 0.2) is 0 Å². The van der Waals surface area contributed by atoms with Crippen LogP contribution in [-0.4, -0.2) is 30.9 Å². The van der Waals surface area contributed by atoms with E-state index in [9.17, 15) is 4.79 Å². The molecule has 1 aromatic carbocycles. The molecule has 112 valence electrons. The number of rotatable bonds is 8. The Kier molecular flexibility index (Phi) is 7.41. The van der Waals surface area contributed by atoms with Crippen molar-refractivity contribution >= 4 is 28.9 Å². The van der Waals surface area contributed by atoms with E-state index in [1.165, 1.54) is 19.3 Å². The van der Waals surface area contributed by atoms with Crippen LogP contribution >= 0.6 is 11.6 Å². The predicted molar refractivity (Wildman–Crippen MR) is 86.1 cm³/mol. The molecule has 3 N–H and O–H groups in total. The summed E-state index contributed by atoms with van der Waals surface area (Å²) in [6.45, 7) is 3.97. The van der Waals surface area contributed by atoms with E-state index in [0.29, 0.717) is 22.8 Å². The summed E-state index contributed by atoms with van der Waals surface area (Å²) in [6.07, 6.45) is 4.09. The van der Waals surface area contributed by atoms with Gasteiger partial charge in [0, 0.05) is 18.7 Å². The van der Waals surface area contributed by atoms with Gasteiger partial charge in [0.25, 0.3) is 0 Å². The van der Waals surface area contributed by atoms with Crippen LogP contribution in [0.2, 0.25) is 5.02 Å². The molecule has 0 aliphatic heterocycles. The molecule has 5 heteroatoms. The Morgan fingerprint density at radius 1 is 1.35 bits per heavy atom. The van der Waals surface area contributed by atoms with Gasteiger partial charge >= 0.3 is 0 Å². The number of amides is 1. The fourth-order valence-corrected chi connectivity index (χ4v) is 2.12. The zero-order valence-electron chi connectivity index (χ0n) is 12.3. The van der Waals surface area contributed by atoms with Crippen LogP contribution in [0.5, 0.6) is 0 Å². The number of unbranched alkanes of at least 4 members (excludes halogenated alkanes) is 2. The van der Waals surface area contributed by atoms with Crippen molar-refractivity contribution < 1.29 is 4.79 Å². The number of nitrogen functional groups attached to an aromatic ring is 1. The van der Waals surface area contributed by atoms with E-state index in [1.54, 1.807) is 18.2 Å². The number of halogens is 1. The second-order valence-electron chi connectivity index (χ2n) is 5.05. The van der Waals surface area contributed by atoms with Crippen LogP contribution in [0, 0.1) is 0 Å². The molecule has 1 rings (SSSR count). The first-order valence-electron chi connectivity index (χ1n) is 7.06. The number of hydrogen-bond acceptors (Lipinski definition) is 3. The predicted octanol–water partition coefficient (Wildman–Crippen LogP) is 3.37. The fraction of sp³-hybridized carbons (Fsp3) is 0.533. The second-order valence-corrected chi connectivity index (χ2v) is 5.46. The van der Waals surface area contributed by atoms with Gasteiger partial charge in [-0.25, -0.2) is 0 Å². The average Bonchev–Trinajstić information content (AvgIpc) is 2.40.